The summed E-state index contributed by atoms with van der Waals surface area (Å²) >= 11 is 3.42. The number of nitrogens with one attached hydrogen (secondary N) is 1. The zero-order valence-electron chi connectivity index (χ0n) is 21.2. The molecule has 1 N–H and O–H groups in total. The second-order valence-electron chi connectivity index (χ2n) is 8.68. The zero-order chi connectivity index (χ0) is 27.2. The third kappa shape index (κ3) is 6.03. The Bertz CT molecular complexity index is 1400. The summed E-state index contributed by atoms with van der Waals surface area (Å²) in [6, 6.07) is 24.0. The fourth-order valence-corrected chi connectivity index (χ4v) is 4.42. The van der Waals surface area contributed by atoms with Crippen LogP contribution >= 0.6 is 15.9 Å². The molecule has 1 amide bonds. The first-order valence-electron chi connectivity index (χ1n) is 12.0. The summed E-state index contributed by atoms with van der Waals surface area (Å²) in [5.41, 5.74) is 3.29. The molecule has 1 atom stereocenters. The number of Topliss-reactive ketones (excluding diaryl/α,β-unsaturated/α-hetero) is 1. The van der Waals surface area contributed by atoms with Crippen LogP contribution in [0.1, 0.15) is 31.0 Å². The standard InChI is InChI=1S/C30H27BrN2O5/c1-19(22-7-5-4-6-8-22)32-27(34)18-38-25-15-9-21(10-16-25)17-26-29(35)28(30(36)37-3)20(2)33(26)24-13-11-23(31)12-14-24/h4-17,19H,18H2,1-3H3,(H,32,34)/b26-17-/t19-/m1/s1. The van der Waals surface area contributed by atoms with Gasteiger partial charge in [-0.2, -0.15) is 0 Å². The lowest BCUT2D eigenvalue weighted by molar-refractivity contribution is -0.137. The molecular weight excluding hydrogens is 548 g/mol. The van der Waals surface area contributed by atoms with Gasteiger partial charge < -0.3 is 19.7 Å². The number of carbonyl (C=O) groups excluding carboxylic acids is 3. The number of hydrogen-bond donors (Lipinski definition) is 1. The Morgan fingerprint density at radius 3 is 2.29 bits per heavy atom. The summed E-state index contributed by atoms with van der Waals surface area (Å²) in [5, 5.41) is 2.92. The van der Waals surface area contributed by atoms with Gasteiger partial charge >= 0.3 is 5.97 Å². The van der Waals surface area contributed by atoms with E-state index in [-0.39, 0.29) is 24.1 Å². The van der Waals surface area contributed by atoms with Gasteiger partial charge in [-0.25, -0.2) is 4.79 Å². The van der Waals surface area contributed by atoms with Crippen molar-refractivity contribution in [3.05, 3.63) is 111 Å². The van der Waals surface area contributed by atoms with E-state index in [2.05, 4.69) is 21.2 Å². The van der Waals surface area contributed by atoms with Crippen molar-refractivity contribution in [1.29, 1.82) is 0 Å². The highest BCUT2D eigenvalue weighted by atomic mass is 79.9. The van der Waals surface area contributed by atoms with Crippen molar-refractivity contribution >= 4 is 45.4 Å². The molecule has 38 heavy (non-hydrogen) atoms. The van der Waals surface area contributed by atoms with Crippen LogP contribution in [0.5, 0.6) is 5.75 Å². The van der Waals surface area contributed by atoms with Gasteiger partial charge in [0.05, 0.1) is 18.8 Å². The third-order valence-electron chi connectivity index (χ3n) is 6.10. The molecule has 0 spiro atoms. The molecule has 0 radical (unpaired) electrons. The number of benzene rings is 3. The SMILES string of the molecule is COC(=O)C1=C(C)N(c2ccc(Br)cc2)/C(=C\c2ccc(OCC(=O)N[C@H](C)c3ccccc3)cc2)C1=O. The molecular formula is C30H27BrN2O5. The van der Waals surface area contributed by atoms with E-state index in [0.29, 0.717) is 17.1 Å². The van der Waals surface area contributed by atoms with Gasteiger partial charge in [0, 0.05) is 15.9 Å². The van der Waals surface area contributed by atoms with Crippen LogP contribution in [0.2, 0.25) is 0 Å². The number of amides is 1. The van der Waals surface area contributed by atoms with Gasteiger partial charge in [0.1, 0.15) is 11.3 Å². The Labute approximate surface area is 229 Å². The summed E-state index contributed by atoms with van der Waals surface area (Å²) < 4.78 is 11.4. The predicted octanol–water partition coefficient (Wildman–Crippen LogP) is 5.58. The fourth-order valence-electron chi connectivity index (χ4n) is 4.16. The molecule has 4 rings (SSSR count). The smallest absolute Gasteiger partial charge is 0.343 e. The largest absolute Gasteiger partial charge is 0.484 e. The van der Waals surface area contributed by atoms with E-state index in [4.69, 9.17) is 9.47 Å². The number of carbonyl (C=O) groups is 3. The maximum absolute atomic E-state index is 13.3. The number of esters is 1. The van der Waals surface area contributed by atoms with Crippen molar-refractivity contribution in [3.8, 4) is 5.75 Å². The molecule has 0 fully saturated rings. The maximum atomic E-state index is 13.3. The molecule has 3 aromatic rings. The quantitative estimate of drug-likeness (QED) is 0.215. The van der Waals surface area contributed by atoms with Gasteiger partial charge in [0.15, 0.2) is 6.61 Å². The second kappa shape index (κ2) is 11.9. The van der Waals surface area contributed by atoms with Gasteiger partial charge in [-0.3, -0.25) is 9.59 Å². The van der Waals surface area contributed by atoms with E-state index in [1.54, 1.807) is 42.2 Å². The molecule has 0 bridgehead atoms. The van der Waals surface area contributed by atoms with Crippen LogP contribution in [0.3, 0.4) is 0 Å². The van der Waals surface area contributed by atoms with Gasteiger partial charge in [-0.15, -0.1) is 0 Å². The van der Waals surface area contributed by atoms with E-state index >= 15 is 0 Å². The minimum atomic E-state index is -0.679. The number of anilines is 1. The Morgan fingerprint density at radius 1 is 1.00 bits per heavy atom. The Hall–Kier alpha value is -4.17. The highest BCUT2D eigenvalue weighted by molar-refractivity contribution is 9.10. The Kier molecular flexibility index (Phi) is 8.43. The number of allylic oxidation sites excluding steroid dienone is 2. The highest BCUT2D eigenvalue weighted by Gasteiger charge is 2.38. The lowest BCUT2D eigenvalue weighted by atomic mass is 10.1. The Morgan fingerprint density at radius 2 is 1.66 bits per heavy atom. The number of ether oxygens (including phenoxy) is 2. The van der Waals surface area contributed by atoms with E-state index in [9.17, 15) is 14.4 Å². The van der Waals surface area contributed by atoms with Crippen molar-refractivity contribution in [2.45, 2.75) is 19.9 Å². The number of nitrogens with zero attached hydrogens (tertiary/aromatic N) is 1. The zero-order valence-corrected chi connectivity index (χ0v) is 22.8. The van der Waals surface area contributed by atoms with Crippen LogP contribution in [0, 0.1) is 0 Å². The average molecular weight is 575 g/mol. The minimum Gasteiger partial charge on any atom is -0.484 e. The van der Waals surface area contributed by atoms with Gasteiger partial charge in [-0.05, 0) is 67.4 Å². The van der Waals surface area contributed by atoms with E-state index in [0.717, 1.165) is 21.3 Å². The molecule has 0 unspecified atom stereocenters. The summed E-state index contributed by atoms with van der Waals surface area (Å²) in [6.45, 7) is 3.51. The van der Waals surface area contributed by atoms with Gasteiger partial charge in [0.2, 0.25) is 5.78 Å². The molecule has 0 saturated carbocycles. The van der Waals surface area contributed by atoms with Crippen molar-refractivity contribution in [2.24, 2.45) is 0 Å². The van der Waals surface area contributed by atoms with E-state index in [1.165, 1.54) is 7.11 Å². The van der Waals surface area contributed by atoms with Gasteiger partial charge in [0.25, 0.3) is 5.91 Å². The number of methoxy groups -OCH3 is 1. The van der Waals surface area contributed by atoms with E-state index < -0.39 is 11.8 Å². The maximum Gasteiger partial charge on any atom is 0.343 e. The molecule has 1 heterocycles. The lowest BCUT2D eigenvalue weighted by Gasteiger charge is -2.21. The number of ketones is 1. The predicted molar refractivity (Wildman–Crippen MR) is 149 cm³/mol. The molecule has 1 aliphatic rings. The molecule has 0 aliphatic carbocycles. The van der Waals surface area contributed by atoms with Gasteiger partial charge in [-0.1, -0.05) is 58.4 Å². The molecule has 7 nitrogen and oxygen atoms in total. The monoisotopic (exact) mass is 574 g/mol. The third-order valence-corrected chi connectivity index (χ3v) is 6.63. The van der Waals surface area contributed by atoms with Crippen molar-refractivity contribution in [2.75, 3.05) is 18.6 Å². The molecule has 8 heteroatoms. The topological polar surface area (TPSA) is 84.9 Å². The highest BCUT2D eigenvalue weighted by Crippen LogP contribution is 2.36. The van der Waals surface area contributed by atoms with Crippen LogP contribution in [0.25, 0.3) is 6.08 Å². The second-order valence-corrected chi connectivity index (χ2v) is 9.60. The summed E-state index contributed by atoms with van der Waals surface area (Å²) in [7, 11) is 1.25. The first-order chi connectivity index (χ1) is 18.3. The average Bonchev–Trinajstić information content (AvgIpc) is 3.17. The van der Waals surface area contributed by atoms with Crippen LogP contribution in [-0.4, -0.2) is 31.4 Å². The van der Waals surface area contributed by atoms with Crippen LogP contribution in [-0.2, 0) is 19.1 Å². The van der Waals surface area contributed by atoms with Crippen molar-refractivity contribution in [1.82, 2.24) is 5.32 Å². The number of halogens is 1. The van der Waals surface area contributed by atoms with Crippen LogP contribution in [0.15, 0.2) is 100 Å². The van der Waals surface area contributed by atoms with Crippen LogP contribution < -0.4 is 15.0 Å². The molecule has 3 aromatic carbocycles. The fraction of sp³-hybridized carbons (Fsp3) is 0.167. The van der Waals surface area contributed by atoms with Crippen LogP contribution in [0.4, 0.5) is 5.69 Å². The van der Waals surface area contributed by atoms with Crippen molar-refractivity contribution in [3.63, 3.8) is 0 Å². The first-order valence-corrected chi connectivity index (χ1v) is 12.8. The first kappa shape index (κ1) is 26.9. The number of hydrogen-bond acceptors (Lipinski definition) is 6. The number of rotatable bonds is 8. The lowest BCUT2D eigenvalue weighted by Crippen LogP contribution is -2.31. The van der Waals surface area contributed by atoms with E-state index in [1.807, 2.05) is 61.5 Å². The molecule has 0 saturated heterocycles. The summed E-state index contributed by atoms with van der Waals surface area (Å²) in [6.07, 6.45) is 1.71. The molecule has 194 valence electrons. The Balaban J connectivity index is 1.48. The molecule has 1 aliphatic heterocycles. The van der Waals surface area contributed by atoms with Crippen molar-refractivity contribution < 1.29 is 23.9 Å². The summed E-state index contributed by atoms with van der Waals surface area (Å²) in [5.74, 6) is -0.809. The summed E-state index contributed by atoms with van der Waals surface area (Å²) in [4.78, 5) is 39.7. The molecule has 0 aromatic heterocycles. The normalized spacial score (nSPS) is 15.0. The minimum absolute atomic E-state index is 0.00244.